The molecule has 0 aliphatic carbocycles. The number of nitrogens with zero attached hydrogens (tertiary/aromatic N) is 3. The molecule has 2 heterocycles. The van der Waals surface area contributed by atoms with Gasteiger partial charge in [-0.1, -0.05) is 30.4 Å². The molecule has 0 atom stereocenters. The van der Waals surface area contributed by atoms with Crippen LogP contribution in [0.2, 0.25) is 0 Å². The maximum atomic E-state index is 5.81. The molecule has 21 heavy (non-hydrogen) atoms. The van der Waals surface area contributed by atoms with Gasteiger partial charge in [-0.2, -0.15) is 5.10 Å². The van der Waals surface area contributed by atoms with Crippen molar-refractivity contribution in [3.8, 4) is 0 Å². The molecule has 0 saturated carbocycles. The number of aromatic nitrogens is 3. The number of thiocarbonyl (C=S) groups is 1. The number of hydrogen-bond acceptors (Lipinski definition) is 4. The molecule has 3 N–H and O–H groups in total. The summed E-state index contributed by atoms with van der Waals surface area (Å²) in [6, 6.07) is 7.91. The Bertz CT molecular complexity index is 809. The lowest BCUT2D eigenvalue weighted by molar-refractivity contribution is 0.767. The molecule has 106 valence electrons. The highest BCUT2D eigenvalue weighted by molar-refractivity contribution is 7.80. The van der Waals surface area contributed by atoms with E-state index in [-0.39, 0.29) is 0 Å². The second-order valence-electron chi connectivity index (χ2n) is 4.80. The molecule has 5 nitrogen and oxygen atoms in total. The second kappa shape index (κ2) is 5.49. The topological polar surface area (TPSA) is 68.8 Å². The van der Waals surface area contributed by atoms with E-state index >= 15 is 0 Å². The molecule has 0 amide bonds. The summed E-state index contributed by atoms with van der Waals surface area (Å²) in [5.74, 6) is 0. The third-order valence-corrected chi connectivity index (χ3v) is 3.49. The minimum Gasteiger partial charge on any atom is -0.389 e. The minimum atomic E-state index is 0.335. The van der Waals surface area contributed by atoms with Crippen molar-refractivity contribution in [1.82, 2.24) is 14.8 Å². The molecule has 0 spiro atoms. The Morgan fingerprint density at radius 1 is 1.33 bits per heavy atom. The van der Waals surface area contributed by atoms with Crippen molar-refractivity contribution in [2.24, 2.45) is 12.8 Å². The molecule has 0 aliphatic heterocycles. The summed E-state index contributed by atoms with van der Waals surface area (Å²) in [6.07, 6.45) is 5.52. The Morgan fingerprint density at radius 2 is 2.14 bits per heavy atom. The first-order chi connectivity index (χ1) is 10.1. The van der Waals surface area contributed by atoms with Crippen LogP contribution in [0.5, 0.6) is 0 Å². The molecule has 0 bridgehead atoms. The Hall–Kier alpha value is -2.47. The zero-order valence-corrected chi connectivity index (χ0v) is 12.4. The van der Waals surface area contributed by atoms with E-state index in [4.69, 9.17) is 18.0 Å². The Morgan fingerprint density at radius 3 is 2.86 bits per heavy atom. The highest BCUT2D eigenvalue weighted by Gasteiger charge is 2.10. The summed E-state index contributed by atoms with van der Waals surface area (Å²) in [5.41, 5.74) is 9.48. The highest BCUT2D eigenvalue weighted by Crippen LogP contribution is 2.26. The van der Waals surface area contributed by atoms with Gasteiger partial charge in [0.2, 0.25) is 0 Å². The summed E-state index contributed by atoms with van der Waals surface area (Å²) >= 11 is 5.13. The zero-order chi connectivity index (χ0) is 14.8. The number of benzene rings is 1. The van der Waals surface area contributed by atoms with Crippen LogP contribution in [-0.4, -0.2) is 19.8 Å². The number of fused-ring (bicyclic) bond motifs is 1. The number of aryl methyl sites for hydroxylation is 1. The van der Waals surface area contributed by atoms with Crippen molar-refractivity contribution >= 4 is 33.8 Å². The average Bonchev–Trinajstić information content (AvgIpc) is 2.90. The lowest BCUT2D eigenvalue weighted by atomic mass is 10.1. The van der Waals surface area contributed by atoms with Crippen molar-refractivity contribution in [1.29, 1.82) is 0 Å². The molecule has 0 radical (unpaired) electrons. The van der Waals surface area contributed by atoms with Crippen molar-refractivity contribution in [2.75, 3.05) is 5.32 Å². The predicted molar refractivity (Wildman–Crippen MR) is 88.2 cm³/mol. The molecule has 6 heteroatoms. The van der Waals surface area contributed by atoms with E-state index in [1.165, 1.54) is 0 Å². The van der Waals surface area contributed by atoms with Gasteiger partial charge < -0.3 is 11.1 Å². The van der Waals surface area contributed by atoms with Crippen LogP contribution >= 0.6 is 12.2 Å². The van der Waals surface area contributed by atoms with Gasteiger partial charge in [0.1, 0.15) is 4.99 Å². The van der Waals surface area contributed by atoms with Crippen molar-refractivity contribution in [3.05, 3.63) is 54.0 Å². The molecule has 1 aromatic carbocycles. The fourth-order valence-corrected chi connectivity index (χ4v) is 2.43. The minimum absolute atomic E-state index is 0.335. The number of nitrogens with two attached hydrogens (primary N) is 1. The Kier molecular flexibility index (Phi) is 3.53. The Labute approximate surface area is 127 Å². The van der Waals surface area contributed by atoms with E-state index in [9.17, 15) is 0 Å². The van der Waals surface area contributed by atoms with Gasteiger partial charge in [-0.25, -0.2) is 0 Å². The van der Waals surface area contributed by atoms with Crippen LogP contribution in [0, 0.1) is 0 Å². The molecule has 3 rings (SSSR count). The normalized spacial score (nSPS) is 10.7. The van der Waals surface area contributed by atoms with Crippen LogP contribution in [0.15, 0.2) is 42.9 Å². The second-order valence-corrected chi connectivity index (χ2v) is 5.24. The van der Waals surface area contributed by atoms with Crippen LogP contribution in [0.1, 0.15) is 11.1 Å². The van der Waals surface area contributed by atoms with Crippen LogP contribution in [-0.2, 0) is 13.6 Å². The van der Waals surface area contributed by atoms with Crippen LogP contribution in [0.3, 0.4) is 0 Å². The molecule has 2 aromatic heterocycles. The van der Waals surface area contributed by atoms with E-state index in [0.717, 1.165) is 27.7 Å². The van der Waals surface area contributed by atoms with Gasteiger partial charge in [0.25, 0.3) is 0 Å². The third kappa shape index (κ3) is 2.71. The Balaban J connectivity index is 2.01. The maximum absolute atomic E-state index is 5.81. The zero-order valence-electron chi connectivity index (χ0n) is 11.6. The molecule has 0 saturated heterocycles. The summed E-state index contributed by atoms with van der Waals surface area (Å²) in [5, 5.41) is 8.58. The third-order valence-electron chi connectivity index (χ3n) is 3.27. The van der Waals surface area contributed by atoms with Gasteiger partial charge in [0.05, 0.1) is 23.0 Å². The van der Waals surface area contributed by atoms with Gasteiger partial charge in [-0.15, -0.1) is 0 Å². The molecular weight excluding hydrogens is 282 g/mol. The van der Waals surface area contributed by atoms with E-state index in [1.54, 1.807) is 10.9 Å². The number of anilines is 1. The molecular formula is C15H15N5S. The van der Waals surface area contributed by atoms with Crippen molar-refractivity contribution in [2.45, 2.75) is 6.54 Å². The van der Waals surface area contributed by atoms with Gasteiger partial charge in [-0.05, 0) is 6.07 Å². The number of hydrogen-bond donors (Lipinski definition) is 2. The van der Waals surface area contributed by atoms with Crippen molar-refractivity contribution in [3.63, 3.8) is 0 Å². The SMILES string of the molecule is Cn1cc(CNc2c(C(N)=S)cnc3ccccc23)cn1. The predicted octanol–water partition coefficient (Wildman–Crippen LogP) is 2.21. The first kappa shape index (κ1) is 13.5. The quantitative estimate of drug-likeness (QED) is 0.723. The first-order valence-corrected chi connectivity index (χ1v) is 6.95. The fourth-order valence-electron chi connectivity index (χ4n) is 2.27. The fraction of sp³-hybridized carbons (Fsp3) is 0.133. The highest BCUT2D eigenvalue weighted by atomic mass is 32.1. The van der Waals surface area contributed by atoms with E-state index < -0.39 is 0 Å². The van der Waals surface area contributed by atoms with Crippen molar-refractivity contribution < 1.29 is 0 Å². The summed E-state index contributed by atoms with van der Waals surface area (Å²) in [7, 11) is 1.89. The molecule has 3 aromatic rings. The summed E-state index contributed by atoms with van der Waals surface area (Å²) in [4.78, 5) is 4.73. The van der Waals surface area contributed by atoms with Gasteiger partial charge in [0, 0.05) is 36.9 Å². The van der Waals surface area contributed by atoms with E-state index in [1.807, 2.05) is 43.7 Å². The van der Waals surface area contributed by atoms with E-state index in [0.29, 0.717) is 11.5 Å². The number of pyridine rings is 1. The van der Waals surface area contributed by atoms with Crippen LogP contribution in [0.4, 0.5) is 5.69 Å². The van der Waals surface area contributed by atoms with Crippen LogP contribution < -0.4 is 11.1 Å². The van der Waals surface area contributed by atoms with Gasteiger partial charge >= 0.3 is 0 Å². The lowest BCUT2D eigenvalue weighted by Gasteiger charge is -2.13. The van der Waals surface area contributed by atoms with E-state index in [2.05, 4.69) is 15.4 Å². The van der Waals surface area contributed by atoms with Gasteiger partial charge in [0.15, 0.2) is 0 Å². The summed E-state index contributed by atoms with van der Waals surface area (Å²) in [6.45, 7) is 0.650. The largest absolute Gasteiger partial charge is 0.389 e. The summed E-state index contributed by atoms with van der Waals surface area (Å²) < 4.78 is 1.77. The lowest BCUT2D eigenvalue weighted by Crippen LogP contribution is -2.14. The molecule has 0 fully saturated rings. The maximum Gasteiger partial charge on any atom is 0.107 e. The van der Waals surface area contributed by atoms with Crippen LogP contribution in [0.25, 0.3) is 10.9 Å². The molecule has 0 unspecified atom stereocenters. The first-order valence-electron chi connectivity index (χ1n) is 6.54. The average molecular weight is 297 g/mol. The number of rotatable bonds is 4. The monoisotopic (exact) mass is 297 g/mol. The molecule has 0 aliphatic rings. The number of nitrogens with one attached hydrogen (secondary N) is 1. The smallest absolute Gasteiger partial charge is 0.107 e. The number of para-hydroxylation sites is 1. The van der Waals surface area contributed by atoms with Gasteiger partial charge in [-0.3, -0.25) is 9.67 Å². The standard InChI is InChI=1S/C15H15N5S/c1-20-9-10(7-19-20)6-18-14-11-4-2-3-5-13(11)17-8-12(14)15(16)21/h2-5,7-9H,6H2,1H3,(H2,16,21)(H,17,18).